The van der Waals surface area contributed by atoms with Crippen molar-refractivity contribution in [2.45, 2.75) is 26.4 Å². The van der Waals surface area contributed by atoms with E-state index >= 15 is 0 Å². The van der Waals surface area contributed by atoms with Gasteiger partial charge in [-0.25, -0.2) is 4.79 Å². The van der Waals surface area contributed by atoms with Gasteiger partial charge >= 0.3 is 17.9 Å². The molecule has 0 saturated carbocycles. The van der Waals surface area contributed by atoms with E-state index in [0.717, 1.165) is 19.1 Å². The van der Waals surface area contributed by atoms with Gasteiger partial charge in [0.15, 0.2) is 5.92 Å². The fraction of sp³-hybridized carbons (Fsp3) is 0.700. The van der Waals surface area contributed by atoms with Gasteiger partial charge in [0.25, 0.3) is 0 Å². The third kappa shape index (κ3) is 6.15. The van der Waals surface area contributed by atoms with Crippen LogP contribution in [-0.2, 0) is 19.1 Å². The first-order valence-electron chi connectivity index (χ1n) is 5.14. The van der Waals surface area contributed by atoms with Crippen LogP contribution < -0.4 is 0 Å². The number of esters is 1. The van der Waals surface area contributed by atoms with Gasteiger partial charge in [0, 0.05) is 5.75 Å². The molecular weight excluding hydrogens is 248 g/mol. The summed E-state index contributed by atoms with van der Waals surface area (Å²) in [6.45, 7) is 3.10. The molecule has 0 spiro atoms. The van der Waals surface area contributed by atoms with Crippen molar-refractivity contribution >= 4 is 29.7 Å². The molecule has 0 aliphatic heterocycles. The van der Waals surface area contributed by atoms with Gasteiger partial charge in [-0.15, -0.1) is 0 Å². The van der Waals surface area contributed by atoms with Gasteiger partial charge < -0.3 is 14.9 Å². The van der Waals surface area contributed by atoms with Crippen LogP contribution >= 0.6 is 11.8 Å². The highest BCUT2D eigenvalue weighted by molar-refractivity contribution is 7.99. The smallest absolute Gasteiger partial charge is 0.345 e. The van der Waals surface area contributed by atoms with Crippen LogP contribution in [0, 0.1) is 5.92 Å². The highest BCUT2D eigenvalue weighted by Crippen LogP contribution is 2.10. The Labute approximate surface area is 103 Å². The zero-order valence-electron chi connectivity index (χ0n) is 9.71. The molecule has 98 valence electrons. The van der Waals surface area contributed by atoms with Crippen LogP contribution in [0.2, 0.25) is 0 Å². The van der Waals surface area contributed by atoms with Crippen molar-refractivity contribution in [3.63, 3.8) is 0 Å². The number of rotatable bonds is 8. The monoisotopic (exact) mass is 264 g/mol. The number of hydrogen-bond acceptors (Lipinski definition) is 5. The van der Waals surface area contributed by atoms with Crippen molar-refractivity contribution in [3.05, 3.63) is 0 Å². The molecule has 6 nitrogen and oxygen atoms in total. The third-order valence-electron chi connectivity index (χ3n) is 1.88. The van der Waals surface area contributed by atoms with E-state index in [4.69, 9.17) is 10.2 Å². The molecule has 0 bridgehead atoms. The van der Waals surface area contributed by atoms with E-state index in [1.54, 1.807) is 0 Å². The zero-order chi connectivity index (χ0) is 13.4. The molecule has 17 heavy (non-hydrogen) atoms. The Balaban J connectivity index is 4.29. The van der Waals surface area contributed by atoms with Crippen LogP contribution in [-0.4, -0.2) is 45.7 Å². The van der Waals surface area contributed by atoms with E-state index in [9.17, 15) is 14.4 Å². The topological polar surface area (TPSA) is 101 Å². The van der Waals surface area contributed by atoms with Gasteiger partial charge in [-0.2, -0.15) is 11.8 Å². The maximum Gasteiger partial charge on any atom is 0.345 e. The minimum atomic E-state index is -1.35. The largest absolute Gasteiger partial charge is 0.481 e. The van der Waals surface area contributed by atoms with Crippen LogP contribution in [0.25, 0.3) is 0 Å². The normalized spacial score (nSPS) is 13.8. The van der Waals surface area contributed by atoms with Crippen molar-refractivity contribution in [3.8, 4) is 0 Å². The molecule has 0 aromatic carbocycles. The number of carbonyl (C=O) groups excluding carboxylic acids is 1. The number of ether oxygens (including phenoxy) is 1. The molecule has 0 rings (SSSR count). The molecule has 2 atom stereocenters. The molecule has 0 aromatic rings. The SMILES string of the molecule is CCCSCC(OC(=O)C(C)C(=O)O)C(=O)O. The van der Waals surface area contributed by atoms with Crippen LogP contribution in [0.1, 0.15) is 20.3 Å². The molecule has 2 unspecified atom stereocenters. The maximum atomic E-state index is 11.3. The second-order valence-electron chi connectivity index (χ2n) is 3.40. The summed E-state index contributed by atoms with van der Waals surface area (Å²) in [5, 5.41) is 17.4. The quantitative estimate of drug-likeness (QED) is 0.380. The first kappa shape index (κ1) is 15.8. The van der Waals surface area contributed by atoms with E-state index in [1.165, 1.54) is 11.8 Å². The first-order valence-corrected chi connectivity index (χ1v) is 6.29. The van der Waals surface area contributed by atoms with Crippen molar-refractivity contribution in [2.24, 2.45) is 5.92 Å². The molecule has 0 aromatic heterocycles. The van der Waals surface area contributed by atoms with Gasteiger partial charge in [0.05, 0.1) is 0 Å². The Morgan fingerprint density at radius 1 is 1.24 bits per heavy atom. The predicted octanol–water partition coefficient (Wildman–Crippen LogP) is 0.847. The molecule has 2 N–H and O–H groups in total. The Morgan fingerprint density at radius 3 is 2.24 bits per heavy atom. The zero-order valence-corrected chi connectivity index (χ0v) is 10.5. The molecule has 0 fully saturated rings. The van der Waals surface area contributed by atoms with Crippen LogP contribution in [0.4, 0.5) is 0 Å². The highest BCUT2D eigenvalue weighted by Gasteiger charge is 2.28. The average molecular weight is 264 g/mol. The number of carbonyl (C=O) groups is 3. The summed E-state index contributed by atoms with van der Waals surface area (Å²) in [5.74, 6) is -4.09. The molecule has 0 aliphatic rings. The first-order chi connectivity index (χ1) is 7.90. The molecule has 0 amide bonds. The lowest BCUT2D eigenvalue weighted by Crippen LogP contribution is -2.33. The van der Waals surface area contributed by atoms with Gasteiger partial charge in [-0.1, -0.05) is 6.92 Å². The van der Waals surface area contributed by atoms with Crippen molar-refractivity contribution in [1.29, 1.82) is 0 Å². The molecule has 0 heterocycles. The van der Waals surface area contributed by atoms with Crippen molar-refractivity contribution in [1.82, 2.24) is 0 Å². The molecule has 7 heteroatoms. The summed E-state index contributed by atoms with van der Waals surface area (Å²) in [4.78, 5) is 32.5. The van der Waals surface area contributed by atoms with Crippen LogP contribution in [0.3, 0.4) is 0 Å². The Hall–Kier alpha value is -1.24. The van der Waals surface area contributed by atoms with Crippen LogP contribution in [0.5, 0.6) is 0 Å². The molecule has 0 saturated heterocycles. The Morgan fingerprint density at radius 2 is 1.82 bits per heavy atom. The van der Waals surface area contributed by atoms with E-state index < -0.39 is 29.9 Å². The molecular formula is C10H16O6S. The second-order valence-corrected chi connectivity index (χ2v) is 4.55. The highest BCUT2D eigenvalue weighted by atomic mass is 32.2. The van der Waals surface area contributed by atoms with Gasteiger partial charge in [0.1, 0.15) is 0 Å². The summed E-state index contributed by atoms with van der Waals surface area (Å²) in [5.41, 5.74) is 0. The lowest BCUT2D eigenvalue weighted by molar-refractivity contribution is -0.169. The van der Waals surface area contributed by atoms with Crippen LogP contribution in [0.15, 0.2) is 0 Å². The van der Waals surface area contributed by atoms with E-state index in [0.29, 0.717) is 0 Å². The summed E-state index contributed by atoms with van der Waals surface area (Å²) in [7, 11) is 0. The fourth-order valence-electron chi connectivity index (χ4n) is 0.834. The van der Waals surface area contributed by atoms with Crippen molar-refractivity contribution in [2.75, 3.05) is 11.5 Å². The molecule has 0 aliphatic carbocycles. The van der Waals surface area contributed by atoms with E-state index in [2.05, 4.69) is 4.74 Å². The number of carboxylic acid groups (broad SMARTS) is 2. The van der Waals surface area contributed by atoms with E-state index in [1.807, 2.05) is 6.92 Å². The summed E-state index contributed by atoms with van der Waals surface area (Å²) < 4.78 is 4.64. The Kier molecular flexibility index (Phi) is 7.36. The second kappa shape index (κ2) is 7.94. The lowest BCUT2D eigenvalue weighted by Gasteiger charge is -2.14. The summed E-state index contributed by atoms with van der Waals surface area (Å²) in [6, 6.07) is 0. The van der Waals surface area contributed by atoms with Gasteiger partial charge in [-0.3, -0.25) is 9.59 Å². The Bertz CT molecular complexity index is 291. The molecule has 0 radical (unpaired) electrons. The fourth-order valence-corrected chi connectivity index (χ4v) is 1.71. The summed E-state index contributed by atoms with van der Waals surface area (Å²) >= 11 is 1.35. The standard InChI is InChI=1S/C10H16O6S/c1-3-4-17-5-7(9(13)14)16-10(15)6(2)8(11)12/h6-7H,3-5H2,1-2H3,(H,11,12)(H,13,14). The van der Waals surface area contributed by atoms with E-state index in [-0.39, 0.29) is 5.75 Å². The predicted molar refractivity (Wildman–Crippen MR) is 61.9 cm³/mol. The minimum Gasteiger partial charge on any atom is -0.481 e. The number of carboxylic acids is 2. The van der Waals surface area contributed by atoms with Crippen molar-refractivity contribution < 1.29 is 29.3 Å². The summed E-state index contributed by atoms with van der Waals surface area (Å²) in [6.07, 6.45) is -0.405. The number of thioether (sulfide) groups is 1. The maximum absolute atomic E-state index is 11.3. The third-order valence-corrected chi connectivity index (χ3v) is 3.11. The average Bonchev–Trinajstić information content (AvgIpc) is 2.26. The number of hydrogen-bond donors (Lipinski definition) is 2. The van der Waals surface area contributed by atoms with Gasteiger partial charge in [-0.05, 0) is 19.1 Å². The van der Waals surface area contributed by atoms with Gasteiger partial charge in [0.2, 0.25) is 6.10 Å². The number of aliphatic carboxylic acids is 2. The lowest BCUT2D eigenvalue weighted by atomic mass is 10.2. The minimum absolute atomic E-state index is 0.126.